The van der Waals surface area contributed by atoms with Gasteiger partial charge in [-0.1, -0.05) is 140 Å². The third-order valence-corrected chi connectivity index (χ3v) is 10.5. The highest BCUT2D eigenvalue weighted by Gasteiger charge is 2.47. The van der Waals surface area contributed by atoms with Crippen LogP contribution in [0.1, 0.15) is 22.3 Å². The molecule has 0 saturated heterocycles. The van der Waals surface area contributed by atoms with Crippen molar-refractivity contribution in [3.8, 4) is 0 Å². The molecule has 0 radical (unpaired) electrons. The fourth-order valence-corrected chi connectivity index (χ4v) is 8.36. The molecule has 9 aromatic rings. The lowest BCUT2D eigenvalue weighted by Gasteiger charge is -2.46. The normalized spacial score (nSPS) is 13.1. The maximum Gasteiger partial charge on any atom is 0.140 e. The topological polar surface area (TPSA) is 19.6 Å². The minimum atomic E-state index is -0.657. The van der Waals surface area contributed by atoms with Crippen molar-refractivity contribution in [3.05, 3.63) is 229 Å². The van der Waals surface area contributed by atoms with Gasteiger partial charge in [-0.15, -0.1) is 0 Å². The van der Waals surface area contributed by atoms with E-state index in [2.05, 4.69) is 210 Å². The first-order valence-corrected chi connectivity index (χ1v) is 17.8. The van der Waals surface area contributed by atoms with E-state index >= 15 is 0 Å². The molecule has 0 saturated carbocycles. The maximum absolute atomic E-state index is 6.82. The summed E-state index contributed by atoms with van der Waals surface area (Å²) in [5.41, 5.74) is 12.6. The molecule has 10 rings (SSSR count). The van der Waals surface area contributed by atoms with Crippen molar-refractivity contribution in [1.29, 1.82) is 0 Å². The zero-order valence-corrected chi connectivity index (χ0v) is 28.4. The van der Waals surface area contributed by atoms with Crippen LogP contribution in [-0.2, 0) is 5.41 Å². The number of anilines is 6. The Hall–Kier alpha value is -6.84. The van der Waals surface area contributed by atoms with E-state index in [0.29, 0.717) is 0 Å². The summed E-state index contributed by atoms with van der Waals surface area (Å²) in [6.45, 7) is 0. The number of fused-ring (bicyclic) bond motifs is 5. The summed E-state index contributed by atoms with van der Waals surface area (Å²) in [6, 6.07) is 73.7. The van der Waals surface area contributed by atoms with Crippen molar-refractivity contribution in [2.45, 2.75) is 5.41 Å². The van der Waals surface area contributed by atoms with E-state index in [-0.39, 0.29) is 0 Å². The molecule has 1 aromatic heterocycles. The Balaban J connectivity index is 1.21. The fraction of sp³-hybridized carbons (Fsp3) is 0.0204. The zero-order chi connectivity index (χ0) is 34.5. The van der Waals surface area contributed by atoms with Crippen LogP contribution in [0.3, 0.4) is 0 Å². The lowest BCUT2D eigenvalue weighted by atomic mass is 9.62. The van der Waals surface area contributed by atoms with Crippen molar-refractivity contribution >= 4 is 56.1 Å². The van der Waals surface area contributed by atoms with Crippen LogP contribution in [0.5, 0.6) is 0 Å². The van der Waals surface area contributed by atoms with Crippen LogP contribution in [0, 0.1) is 0 Å². The summed E-state index contributed by atoms with van der Waals surface area (Å²) in [7, 11) is 0. The summed E-state index contributed by atoms with van der Waals surface area (Å²) in [5.74, 6) is 0. The Morgan fingerprint density at radius 3 is 1.50 bits per heavy atom. The van der Waals surface area contributed by atoms with Gasteiger partial charge in [0.25, 0.3) is 0 Å². The molecule has 0 unspecified atom stereocenters. The number of hydrogen-bond acceptors (Lipinski definition) is 3. The summed E-state index contributed by atoms with van der Waals surface area (Å²) >= 11 is 0. The molecular weight excluding hydrogens is 633 g/mol. The zero-order valence-electron chi connectivity index (χ0n) is 28.4. The van der Waals surface area contributed by atoms with Crippen molar-refractivity contribution in [2.24, 2.45) is 0 Å². The molecule has 0 atom stereocenters. The van der Waals surface area contributed by atoms with Crippen LogP contribution in [0.4, 0.5) is 34.1 Å². The number of benzene rings is 8. The molecular formula is C49H34N2O. The van der Waals surface area contributed by atoms with E-state index in [1.54, 1.807) is 0 Å². The third kappa shape index (κ3) is 4.53. The lowest BCUT2D eigenvalue weighted by molar-refractivity contribution is 0.643. The predicted octanol–water partition coefficient (Wildman–Crippen LogP) is 13.2. The second kappa shape index (κ2) is 12.2. The summed E-state index contributed by atoms with van der Waals surface area (Å²) < 4.78 is 6.82. The largest absolute Gasteiger partial charge is 0.456 e. The van der Waals surface area contributed by atoms with Crippen LogP contribution in [0.25, 0.3) is 21.9 Å². The molecule has 0 spiro atoms. The molecule has 3 heteroatoms. The second-order valence-electron chi connectivity index (χ2n) is 13.3. The third-order valence-electron chi connectivity index (χ3n) is 10.5. The van der Waals surface area contributed by atoms with Gasteiger partial charge in [-0.25, -0.2) is 0 Å². The number of hydrogen-bond donors (Lipinski definition) is 0. The van der Waals surface area contributed by atoms with Crippen molar-refractivity contribution < 1.29 is 4.42 Å². The van der Waals surface area contributed by atoms with Gasteiger partial charge in [0.1, 0.15) is 11.2 Å². The van der Waals surface area contributed by atoms with Crippen LogP contribution >= 0.6 is 0 Å². The highest BCUT2D eigenvalue weighted by molar-refractivity contribution is 6.07. The minimum absolute atomic E-state index is 0.657. The molecule has 0 amide bonds. The minimum Gasteiger partial charge on any atom is -0.456 e. The van der Waals surface area contributed by atoms with Crippen LogP contribution in [-0.4, -0.2) is 0 Å². The van der Waals surface area contributed by atoms with Crippen LogP contribution in [0.15, 0.2) is 211 Å². The van der Waals surface area contributed by atoms with Gasteiger partial charge in [0, 0.05) is 39.1 Å². The smallest absolute Gasteiger partial charge is 0.140 e. The van der Waals surface area contributed by atoms with E-state index in [0.717, 1.165) is 61.6 Å². The molecule has 0 bridgehead atoms. The monoisotopic (exact) mass is 666 g/mol. The summed E-state index contributed by atoms with van der Waals surface area (Å²) in [6.07, 6.45) is 0. The highest BCUT2D eigenvalue weighted by Crippen LogP contribution is 2.59. The van der Waals surface area contributed by atoms with Gasteiger partial charge in [-0.2, -0.15) is 0 Å². The Labute approximate surface area is 303 Å². The first-order chi connectivity index (χ1) is 25.8. The average molecular weight is 667 g/mol. The lowest BCUT2D eigenvalue weighted by Crippen LogP contribution is -2.37. The van der Waals surface area contributed by atoms with Gasteiger partial charge in [0.15, 0.2) is 0 Å². The van der Waals surface area contributed by atoms with Crippen LogP contribution in [0.2, 0.25) is 0 Å². The molecule has 0 fully saturated rings. The van der Waals surface area contributed by atoms with Gasteiger partial charge in [0.05, 0.1) is 16.8 Å². The molecule has 1 aliphatic heterocycles. The van der Waals surface area contributed by atoms with Gasteiger partial charge in [0.2, 0.25) is 0 Å². The second-order valence-corrected chi connectivity index (χ2v) is 13.3. The number of nitrogens with zero attached hydrogens (tertiary/aromatic N) is 2. The molecule has 3 nitrogen and oxygen atoms in total. The highest BCUT2D eigenvalue weighted by atomic mass is 16.3. The van der Waals surface area contributed by atoms with Gasteiger partial charge >= 0.3 is 0 Å². The average Bonchev–Trinajstić information content (AvgIpc) is 3.61. The van der Waals surface area contributed by atoms with Gasteiger partial charge < -0.3 is 14.2 Å². The number of para-hydroxylation sites is 6. The Kier molecular flexibility index (Phi) is 7.04. The Morgan fingerprint density at radius 2 is 0.865 bits per heavy atom. The molecule has 0 N–H and O–H groups in total. The van der Waals surface area contributed by atoms with E-state index in [1.165, 1.54) is 16.7 Å². The SMILES string of the molecule is c1ccc(N(c2ccccc2)c2ccc(N3c4ccccc4C(c4ccccc4)(c4cccc5c4oc4ccccc45)c4ccccc43)cc2)cc1. The molecule has 1 aliphatic rings. The summed E-state index contributed by atoms with van der Waals surface area (Å²) in [5, 5.41) is 2.25. The fourth-order valence-electron chi connectivity index (χ4n) is 8.36. The first-order valence-electron chi connectivity index (χ1n) is 17.8. The van der Waals surface area contributed by atoms with Gasteiger partial charge in [-0.05, 0) is 83.4 Å². The van der Waals surface area contributed by atoms with Gasteiger partial charge in [-0.3, -0.25) is 0 Å². The molecule has 0 aliphatic carbocycles. The van der Waals surface area contributed by atoms with E-state index in [9.17, 15) is 0 Å². The predicted molar refractivity (Wildman–Crippen MR) is 215 cm³/mol. The van der Waals surface area contributed by atoms with E-state index < -0.39 is 5.41 Å². The standard InChI is InChI=1S/C49H34N2O/c1-4-17-35(18-5-1)49(44-27-16-24-41-40-23-10-15-30-47(40)52-48(41)44)42-25-11-13-28-45(42)51(46-29-14-12-26-43(46)49)39-33-31-38(32-34-39)50(36-19-6-2-7-20-36)37-21-8-3-9-22-37/h1-34H. The first kappa shape index (κ1) is 30.0. The molecule has 2 heterocycles. The van der Waals surface area contributed by atoms with E-state index in [4.69, 9.17) is 4.42 Å². The maximum atomic E-state index is 6.82. The summed E-state index contributed by atoms with van der Waals surface area (Å²) in [4.78, 5) is 4.72. The molecule has 246 valence electrons. The van der Waals surface area contributed by atoms with Crippen LogP contribution < -0.4 is 9.80 Å². The van der Waals surface area contributed by atoms with Crippen molar-refractivity contribution in [1.82, 2.24) is 0 Å². The number of furan rings is 1. The van der Waals surface area contributed by atoms with Crippen molar-refractivity contribution in [3.63, 3.8) is 0 Å². The van der Waals surface area contributed by atoms with E-state index in [1.807, 2.05) is 6.07 Å². The molecule has 8 aromatic carbocycles. The Morgan fingerprint density at radius 1 is 0.385 bits per heavy atom. The van der Waals surface area contributed by atoms with Crippen molar-refractivity contribution in [2.75, 3.05) is 9.80 Å². The Bertz CT molecular complexity index is 2600. The quantitative estimate of drug-likeness (QED) is 0.176. The molecule has 52 heavy (non-hydrogen) atoms. The number of rotatable bonds is 6.